The van der Waals surface area contributed by atoms with Crippen LogP contribution in [-0.2, 0) is 15.9 Å². The average Bonchev–Trinajstić information content (AvgIpc) is 2.80. The first-order valence-electron chi connectivity index (χ1n) is 6.99. The Balaban J connectivity index is 2.20. The molecule has 1 heterocycles. The highest BCUT2D eigenvalue weighted by Gasteiger charge is 2.31. The van der Waals surface area contributed by atoms with E-state index in [1.807, 2.05) is 6.92 Å². The maximum atomic E-state index is 12.7. The highest BCUT2D eigenvalue weighted by atomic mass is 35.5. The van der Waals surface area contributed by atoms with Gasteiger partial charge in [0.2, 0.25) is 0 Å². The van der Waals surface area contributed by atoms with Crippen molar-refractivity contribution < 1.29 is 8.42 Å². The van der Waals surface area contributed by atoms with Crippen LogP contribution in [0, 0.1) is 12.8 Å². The molecule has 0 aromatic carbocycles. The van der Waals surface area contributed by atoms with Gasteiger partial charge >= 0.3 is 0 Å². The predicted octanol–water partition coefficient (Wildman–Crippen LogP) is 3.99. The van der Waals surface area contributed by atoms with Crippen LogP contribution in [0.4, 0.5) is 0 Å². The van der Waals surface area contributed by atoms with E-state index in [9.17, 15) is 8.42 Å². The third-order valence-electron chi connectivity index (χ3n) is 4.25. The first-order valence-corrected chi connectivity index (χ1v) is 9.78. The summed E-state index contributed by atoms with van der Waals surface area (Å²) in [7, 11) is -1.66. The molecule has 0 aliphatic heterocycles. The molecule has 114 valence electrons. The lowest BCUT2D eigenvalue weighted by Crippen LogP contribution is -2.38. The Morgan fingerprint density at radius 3 is 2.45 bits per heavy atom. The molecule has 1 aliphatic carbocycles. The van der Waals surface area contributed by atoms with Gasteiger partial charge in [-0.1, -0.05) is 6.92 Å². The van der Waals surface area contributed by atoms with Crippen molar-refractivity contribution in [1.82, 2.24) is 4.31 Å². The van der Waals surface area contributed by atoms with Crippen molar-refractivity contribution in [2.24, 2.45) is 5.92 Å². The third kappa shape index (κ3) is 3.21. The zero-order valence-electron chi connectivity index (χ0n) is 12.2. The fourth-order valence-electron chi connectivity index (χ4n) is 2.69. The van der Waals surface area contributed by atoms with Crippen LogP contribution in [0.2, 0.25) is 0 Å². The van der Waals surface area contributed by atoms with E-state index in [4.69, 9.17) is 11.6 Å². The molecule has 1 fully saturated rings. The Morgan fingerprint density at radius 2 is 1.95 bits per heavy atom. The second-order valence-electron chi connectivity index (χ2n) is 5.74. The molecular weight excluding hydrogens is 314 g/mol. The lowest BCUT2D eigenvalue weighted by Gasteiger charge is -2.32. The largest absolute Gasteiger partial charge is 0.252 e. The number of halogens is 1. The molecule has 1 saturated carbocycles. The number of hydrogen-bond acceptors (Lipinski definition) is 3. The number of sulfonamides is 1. The first-order chi connectivity index (χ1) is 9.36. The maximum Gasteiger partial charge on any atom is 0.252 e. The number of thiophene rings is 1. The summed E-state index contributed by atoms with van der Waals surface area (Å²) in [4.78, 5) is 0.941. The van der Waals surface area contributed by atoms with E-state index >= 15 is 0 Å². The molecule has 0 unspecified atom stereocenters. The van der Waals surface area contributed by atoms with Gasteiger partial charge in [0.1, 0.15) is 4.21 Å². The Morgan fingerprint density at radius 1 is 1.35 bits per heavy atom. The maximum absolute atomic E-state index is 12.7. The van der Waals surface area contributed by atoms with Gasteiger partial charge in [0.05, 0.1) is 5.88 Å². The average molecular weight is 336 g/mol. The zero-order valence-corrected chi connectivity index (χ0v) is 14.6. The number of rotatable bonds is 4. The number of alkyl halides is 1. The van der Waals surface area contributed by atoms with Crippen LogP contribution in [0.25, 0.3) is 0 Å². The van der Waals surface area contributed by atoms with Gasteiger partial charge in [0.15, 0.2) is 0 Å². The highest BCUT2D eigenvalue weighted by molar-refractivity contribution is 7.91. The summed E-state index contributed by atoms with van der Waals surface area (Å²) in [6, 6.07) is 1.89. The minimum absolute atomic E-state index is 0.137. The standard InChI is InChI=1S/C14H22ClNO2S2/c1-10-4-6-12(7-5-10)16(3)20(17,18)14-8-11(2)13(9-15)19-14/h8,10,12H,4-7,9H2,1-3H3. The number of aryl methyl sites for hydroxylation is 1. The molecule has 0 atom stereocenters. The molecule has 0 radical (unpaired) electrons. The zero-order chi connectivity index (χ0) is 14.9. The first kappa shape index (κ1) is 16.3. The molecule has 0 spiro atoms. The summed E-state index contributed by atoms with van der Waals surface area (Å²) in [6.07, 6.45) is 4.15. The summed E-state index contributed by atoms with van der Waals surface area (Å²) >= 11 is 7.14. The van der Waals surface area contributed by atoms with E-state index in [1.165, 1.54) is 11.3 Å². The van der Waals surface area contributed by atoms with Gasteiger partial charge in [0, 0.05) is 18.0 Å². The molecule has 2 rings (SSSR count). The van der Waals surface area contributed by atoms with Crippen LogP contribution in [0.5, 0.6) is 0 Å². The molecule has 1 aromatic heterocycles. The predicted molar refractivity (Wildman–Crippen MR) is 85.0 cm³/mol. The number of nitrogens with zero attached hydrogens (tertiary/aromatic N) is 1. The molecular formula is C14H22ClNO2S2. The fraction of sp³-hybridized carbons (Fsp3) is 0.714. The normalized spacial score (nSPS) is 24.2. The summed E-state index contributed by atoms with van der Waals surface area (Å²) in [6.45, 7) is 4.15. The smallest absolute Gasteiger partial charge is 0.206 e. The van der Waals surface area contributed by atoms with Gasteiger partial charge in [-0.25, -0.2) is 8.42 Å². The van der Waals surface area contributed by atoms with Gasteiger partial charge < -0.3 is 0 Å². The lowest BCUT2D eigenvalue weighted by atomic mass is 9.87. The minimum Gasteiger partial charge on any atom is -0.206 e. The molecule has 1 aromatic rings. The number of hydrogen-bond donors (Lipinski definition) is 0. The van der Waals surface area contributed by atoms with Crippen LogP contribution in [-0.4, -0.2) is 25.8 Å². The van der Waals surface area contributed by atoms with Crippen molar-refractivity contribution in [2.45, 2.75) is 55.7 Å². The van der Waals surface area contributed by atoms with Crippen molar-refractivity contribution in [3.63, 3.8) is 0 Å². The van der Waals surface area contributed by atoms with Crippen molar-refractivity contribution >= 4 is 33.0 Å². The molecule has 0 bridgehead atoms. The van der Waals surface area contributed by atoms with E-state index in [0.717, 1.165) is 36.1 Å². The van der Waals surface area contributed by atoms with Crippen LogP contribution >= 0.6 is 22.9 Å². The van der Waals surface area contributed by atoms with Crippen LogP contribution < -0.4 is 0 Å². The quantitative estimate of drug-likeness (QED) is 0.780. The van der Waals surface area contributed by atoms with Crippen molar-refractivity contribution in [3.8, 4) is 0 Å². The van der Waals surface area contributed by atoms with E-state index in [1.54, 1.807) is 17.4 Å². The van der Waals surface area contributed by atoms with Gasteiger partial charge in [0.25, 0.3) is 10.0 Å². The molecule has 20 heavy (non-hydrogen) atoms. The molecule has 0 saturated heterocycles. The summed E-state index contributed by atoms with van der Waals surface area (Å²) in [5, 5.41) is 0. The second kappa shape index (κ2) is 6.34. The Kier molecular flexibility index (Phi) is 5.16. The molecule has 3 nitrogen and oxygen atoms in total. The van der Waals surface area contributed by atoms with Crippen LogP contribution in [0.15, 0.2) is 10.3 Å². The van der Waals surface area contributed by atoms with Crippen LogP contribution in [0.1, 0.15) is 43.0 Å². The van der Waals surface area contributed by atoms with Gasteiger partial charge in [-0.15, -0.1) is 22.9 Å². The molecule has 0 N–H and O–H groups in total. The fourth-order valence-corrected chi connectivity index (χ4v) is 6.11. The molecule has 0 amide bonds. The molecule has 1 aliphatic rings. The van der Waals surface area contributed by atoms with Crippen molar-refractivity contribution in [3.05, 3.63) is 16.5 Å². The minimum atomic E-state index is -3.37. The van der Waals surface area contributed by atoms with E-state index in [2.05, 4.69) is 6.92 Å². The van der Waals surface area contributed by atoms with Crippen LogP contribution in [0.3, 0.4) is 0 Å². The van der Waals surface area contributed by atoms with E-state index in [0.29, 0.717) is 16.0 Å². The topological polar surface area (TPSA) is 37.4 Å². The third-order valence-corrected chi connectivity index (χ3v) is 8.27. The monoisotopic (exact) mass is 335 g/mol. The highest BCUT2D eigenvalue weighted by Crippen LogP contribution is 2.33. The van der Waals surface area contributed by atoms with Gasteiger partial charge in [-0.2, -0.15) is 4.31 Å². The molecule has 6 heteroatoms. The van der Waals surface area contributed by atoms with Crippen molar-refractivity contribution in [1.29, 1.82) is 0 Å². The summed E-state index contributed by atoms with van der Waals surface area (Å²) in [5.74, 6) is 1.09. The SMILES string of the molecule is Cc1cc(S(=O)(=O)N(C)C2CCC(C)CC2)sc1CCl. The lowest BCUT2D eigenvalue weighted by molar-refractivity contribution is 0.246. The van der Waals surface area contributed by atoms with E-state index < -0.39 is 10.0 Å². The van der Waals surface area contributed by atoms with Gasteiger partial charge in [-0.3, -0.25) is 0 Å². The van der Waals surface area contributed by atoms with E-state index in [-0.39, 0.29) is 6.04 Å². The Bertz CT molecular complexity index is 560. The second-order valence-corrected chi connectivity index (χ2v) is 9.37. The summed E-state index contributed by atoms with van der Waals surface area (Å²) < 4.78 is 27.4. The van der Waals surface area contributed by atoms with Gasteiger partial charge in [-0.05, 0) is 50.2 Å². The summed E-state index contributed by atoms with van der Waals surface area (Å²) in [5.41, 5.74) is 0.967. The van der Waals surface area contributed by atoms with Crippen molar-refractivity contribution in [2.75, 3.05) is 7.05 Å². The Labute approximate surface area is 131 Å². The Hall–Kier alpha value is -0.100.